The highest BCUT2D eigenvalue weighted by atomic mass is 79.9. The lowest BCUT2D eigenvalue weighted by atomic mass is 10.2. The van der Waals surface area contributed by atoms with Crippen molar-refractivity contribution in [2.24, 2.45) is 0 Å². The van der Waals surface area contributed by atoms with E-state index in [2.05, 4.69) is 15.9 Å². The van der Waals surface area contributed by atoms with Gasteiger partial charge >= 0.3 is 0 Å². The van der Waals surface area contributed by atoms with Crippen molar-refractivity contribution in [3.8, 4) is 0 Å². The molecule has 0 spiro atoms. The molecule has 6 heteroatoms. The van der Waals surface area contributed by atoms with Crippen LogP contribution in [0, 0.1) is 0 Å². The zero-order valence-corrected chi connectivity index (χ0v) is 10.6. The zero-order chi connectivity index (χ0) is 11.1. The monoisotopic (exact) mass is 308 g/mol. The number of halogens is 2. The predicted molar refractivity (Wildman–Crippen MR) is 62.4 cm³/mol. The van der Waals surface area contributed by atoms with Crippen LogP contribution in [0.3, 0.4) is 0 Å². The van der Waals surface area contributed by atoms with Crippen LogP contribution in [-0.2, 0) is 14.8 Å². The van der Waals surface area contributed by atoms with Crippen molar-refractivity contribution in [1.82, 2.24) is 0 Å². The fourth-order valence-electron chi connectivity index (χ4n) is 1.33. The summed E-state index contributed by atoms with van der Waals surface area (Å²) in [7, 11) is 1.65. The van der Waals surface area contributed by atoms with Gasteiger partial charge in [0, 0.05) is 16.1 Å². The molecule has 2 rings (SSSR count). The molecule has 0 atom stereocenters. The summed E-state index contributed by atoms with van der Waals surface area (Å²) in [6, 6.07) is 5.14. The van der Waals surface area contributed by atoms with Crippen molar-refractivity contribution >= 4 is 46.6 Å². The molecule has 0 fully saturated rings. The van der Waals surface area contributed by atoms with Gasteiger partial charge in [-0.3, -0.25) is 0 Å². The third-order valence-corrected chi connectivity index (χ3v) is 3.55. The Labute approximate surface area is 99.6 Å². The Morgan fingerprint density at radius 2 is 2.13 bits per heavy atom. The molecule has 80 valence electrons. The van der Waals surface area contributed by atoms with E-state index >= 15 is 0 Å². The van der Waals surface area contributed by atoms with Gasteiger partial charge in [0.2, 0.25) is 9.05 Å². The second kappa shape index (κ2) is 3.81. The largest absolute Gasteiger partial charge is 0.463 e. The Kier molecular flexibility index (Phi) is 2.79. The number of hydrogen-bond acceptors (Lipinski definition) is 3. The lowest BCUT2D eigenvalue weighted by Crippen LogP contribution is -1.94. The van der Waals surface area contributed by atoms with Gasteiger partial charge in [0.15, 0.2) is 0 Å². The van der Waals surface area contributed by atoms with Crippen molar-refractivity contribution in [3.63, 3.8) is 0 Å². The maximum atomic E-state index is 10.9. The van der Waals surface area contributed by atoms with Crippen LogP contribution in [0.25, 0.3) is 11.0 Å². The summed E-state index contributed by atoms with van der Waals surface area (Å²) in [6.07, 6.45) is 1.56. The highest BCUT2D eigenvalue weighted by molar-refractivity contribution is 9.10. The van der Waals surface area contributed by atoms with Crippen molar-refractivity contribution in [2.75, 3.05) is 0 Å². The quantitative estimate of drug-likeness (QED) is 0.800. The van der Waals surface area contributed by atoms with Crippen LogP contribution in [-0.4, -0.2) is 8.42 Å². The first-order valence-electron chi connectivity index (χ1n) is 4.04. The van der Waals surface area contributed by atoms with E-state index in [1.54, 1.807) is 24.5 Å². The first-order chi connectivity index (χ1) is 6.96. The Hall–Kier alpha value is -0.520. The highest BCUT2D eigenvalue weighted by Gasteiger charge is 2.09. The number of hydrogen-bond donors (Lipinski definition) is 0. The van der Waals surface area contributed by atoms with E-state index in [0.29, 0.717) is 11.1 Å². The van der Waals surface area contributed by atoms with Gasteiger partial charge in [0.05, 0.1) is 10.2 Å². The van der Waals surface area contributed by atoms with Crippen LogP contribution in [0.5, 0.6) is 0 Å². The van der Waals surface area contributed by atoms with Crippen molar-refractivity contribution < 1.29 is 12.8 Å². The van der Waals surface area contributed by atoms with Crippen LogP contribution >= 0.6 is 26.6 Å². The van der Waals surface area contributed by atoms with E-state index < -0.39 is 9.05 Å². The van der Waals surface area contributed by atoms with Gasteiger partial charge in [0.1, 0.15) is 11.8 Å². The molecule has 0 amide bonds. The number of furan rings is 1. The van der Waals surface area contributed by atoms with Gasteiger partial charge in [-0.2, -0.15) is 0 Å². The summed E-state index contributed by atoms with van der Waals surface area (Å²) in [5.41, 5.74) is 1.34. The minimum atomic E-state index is -3.52. The molecule has 0 aliphatic carbocycles. The third kappa shape index (κ3) is 2.53. The second-order valence-electron chi connectivity index (χ2n) is 3.10. The lowest BCUT2D eigenvalue weighted by Gasteiger charge is -1.97. The SMILES string of the molecule is O=S(=O)(Cl)Cc1ccc2occ(Br)c2c1. The molecule has 3 nitrogen and oxygen atoms in total. The summed E-state index contributed by atoms with van der Waals surface area (Å²) in [4.78, 5) is 0. The minimum absolute atomic E-state index is 0.178. The van der Waals surface area contributed by atoms with E-state index in [0.717, 1.165) is 9.86 Å². The van der Waals surface area contributed by atoms with Gasteiger partial charge in [0.25, 0.3) is 0 Å². The van der Waals surface area contributed by atoms with E-state index in [1.807, 2.05) is 0 Å². The second-order valence-corrected chi connectivity index (χ2v) is 6.73. The standard InChI is InChI=1S/C9H6BrClO3S/c10-8-4-14-9-2-1-6(3-7(8)9)5-15(11,12)13/h1-4H,5H2. The molecule has 2 aromatic rings. The molecule has 1 aromatic heterocycles. The summed E-state index contributed by atoms with van der Waals surface area (Å²) < 4.78 is 27.8. The molecule has 0 bridgehead atoms. The van der Waals surface area contributed by atoms with Crippen LogP contribution in [0.2, 0.25) is 0 Å². The Balaban J connectivity index is 2.51. The van der Waals surface area contributed by atoms with Gasteiger partial charge in [-0.25, -0.2) is 8.42 Å². The third-order valence-electron chi connectivity index (χ3n) is 1.93. The fraction of sp³-hybridized carbons (Fsp3) is 0.111. The molecule has 0 aliphatic heterocycles. The molecule has 0 unspecified atom stereocenters. The molecule has 0 saturated carbocycles. The van der Waals surface area contributed by atoms with Gasteiger partial charge in [-0.15, -0.1) is 0 Å². The molecule has 0 aliphatic rings. The summed E-state index contributed by atoms with van der Waals surface area (Å²) >= 11 is 3.30. The first kappa shape index (κ1) is 11.0. The number of benzene rings is 1. The van der Waals surface area contributed by atoms with Crippen LogP contribution in [0.4, 0.5) is 0 Å². The van der Waals surface area contributed by atoms with E-state index in [1.165, 1.54) is 0 Å². The summed E-state index contributed by atoms with van der Waals surface area (Å²) in [5.74, 6) is -0.178. The van der Waals surface area contributed by atoms with Gasteiger partial charge < -0.3 is 4.42 Å². The molecule has 0 N–H and O–H groups in total. The van der Waals surface area contributed by atoms with Crippen LogP contribution < -0.4 is 0 Å². The Bertz CT molecular complexity index is 603. The Morgan fingerprint density at radius 1 is 1.40 bits per heavy atom. The normalized spacial score (nSPS) is 12.1. The maximum Gasteiger partial charge on any atom is 0.236 e. The number of fused-ring (bicyclic) bond motifs is 1. The highest BCUT2D eigenvalue weighted by Crippen LogP contribution is 2.27. The van der Waals surface area contributed by atoms with Crippen molar-refractivity contribution in [2.45, 2.75) is 5.75 Å². The molecule has 0 radical (unpaired) electrons. The summed E-state index contributed by atoms with van der Waals surface area (Å²) in [6.45, 7) is 0. The average Bonchev–Trinajstić information content (AvgIpc) is 2.45. The molecule has 15 heavy (non-hydrogen) atoms. The number of rotatable bonds is 2. The average molecular weight is 310 g/mol. The van der Waals surface area contributed by atoms with Gasteiger partial charge in [-0.1, -0.05) is 6.07 Å². The maximum absolute atomic E-state index is 10.9. The van der Waals surface area contributed by atoms with E-state index in [9.17, 15) is 8.42 Å². The Morgan fingerprint density at radius 3 is 2.80 bits per heavy atom. The molecule has 0 saturated heterocycles. The van der Waals surface area contributed by atoms with E-state index in [-0.39, 0.29) is 5.75 Å². The molecular formula is C9H6BrClO3S. The van der Waals surface area contributed by atoms with Crippen molar-refractivity contribution in [3.05, 3.63) is 34.5 Å². The van der Waals surface area contributed by atoms with Gasteiger partial charge in [-0.05, 0) is 33.6 Å². The molecule has 1 heterocycles. The van der Waals surface area contributed by atoms with Crippen LogP contribution in [0.15, 0.2) is 33.4 Å². The molecular weight excluding hydrogens is 304 g/mol. The first-order valence-corrected chi connectivity index (χ1v) is 7.31. The van der Waals surface area contributed by atoms with Crippen molar-refractivity contribution in [1.29, 1.82) is 0 Å². The van der Waals surface area contributed by atoms with E-state index in [4.69, 9.17) is 15.1 Å². The predicted octanol–water partition coefficient (Wildman–Crippen LogP) is 3.26. The lowest BCUT2D eigenvalue weighted by molar-refractivity contribution is 0.608. The minimum Gasteiger partial charge on any atom is -0.463 e. The molecule has 1 aromatic carbocycles. The topological polar surface area (TPSA) is 47.3 Å². The smallest absolute Gasteiger partial charge is 0.236 e. The van der Waals surface area contributed by atoms with Crippen LogP contribution in [0.1, 0.15) is 5.56 Å². The summed E-state index contributed by atoms with van der Waals surface area (Å²) in [5, 5.41) is 0.841. The fourth-order valence-corrected chi connectivity index (χ4v) is 2.69. The zero-order valence-electron chi connectivity index (χ0n) is 7.41.